The summed E-state index contributed by atoms with van der Waals surface area (Å²) < 4.78 is 5.27. The zero-order valence-electron chi connectivity index (χ0n) is 9.95. The standard InChI is InChI=1S/C11H21NO2Si/c1-5-6-10-7-14-8-11(13)12(10)9-15(2,3)4/h5,10H,1,6-9H2,2-4H3. The number of morpholine rings is 1. The van der Waals surface area contributed by atoms with Crippen LogP contribution in [0.15, 0.2) is 12.7 Å². The fourth-order valence-electron chi connectivity index (χ4n) is 1.77. The number of carbonyl (C=O) groups is 1. The van der Waals surface area contributed by atoms with Gasteiger partial charge in [-0.1, -0.05) is 25.7 Å². The van der Waals surface area contributed by atoms with E-state index >= 15 is 0 Å². The lowest BCUT2D eigenvalue weighted by Crippen LogP contribution is -2.54. The molecule has 0 spiro atoms. The van der Waals surface area contributed by atoms with Gasteiger partial charge in [-0.25, -0.2) is 0 Å². The predicted molar refractivity (Wildman–Crippen MR) is 64.5 cm³/mol. The highest BCUT2D eigenvalue weighted by molar-refractivity contribution is 6.76. The summed E-state index contributed by atoms with van der Waals surface area (Å²) in [6.45, 7) is 11.5. The molecule has 0 bridgehead atoms. The molecule has 0 aromatic heterocycles. The monoisotopic (exact) mass is 227 g/mol. The van der Waals surface area contributed by atoms with Crippen LogP contribution < -0.4 is 0 Å². The highest BCUT2D eigenvalue weighted by atomic mass is 28.3. The Morgan fingerprint density at radius 1 is 1.60 bits per heavy atom. The van der Waals surface area contributed by atoms with Gasteiger partial charge in [0.05, 0.1) is 20.7 Å². The minimum absolute atomic E-state index is 0.135. The van der Waals surface area contributed by atoms with E-state index in [2.05, 4.69) is 26.2 Å². The molecule has 86 valence electrons. The lowest BCUT2D eigenvalue weighted by Gasteiger charge is -2.38. The Kier molecular flexibility index (Phi) is 4.10. The molecule has 1 saturated heterocycles. The molecule has 1 unspecified atom stereocenters. The molecule has 1 aliphatic rings. The molecule has 3 nitrogen and oxygen atoms in total. The highest BCUT2D eigenvalue weighted by Gasteiger charge is 2.31. The summed E-state index contributed by atoms with van der Waals surface area (Å²) in [7, 11) is -1.24. The summed E-state index contributed by atoms with van der Waals surface area (Å²) >= 11 is 0. The van der Waals surface area contributed by atoms with Crippen LogP contribution in [-0.4, -0.2) is 44.3 Å². The summed E-state index contributed by atoms with van der Waals surface area (Å²) in [6.07, 6.45) is 3.62. The van der Waals surface area contributed by atoms with Crippen molar-refractivity contribution in [3.8, 4) is 0 Å². The quantitative estimate of drug-likeness (QED) is 0.540. The average molecular weight is 227 g/mol. The molecule has 1 atom stereocenters. The van der Waals surface area contributed by atoms with Crippen molar-refractivity contribution in [1.29, 1.82) is 0 Å². The average Bonchev–Trinajstić information content (AvgIpc) is 2.10. The molecular weight excluding hydrogens is 206 g/mol. The van der Waals surface area contributed by atoms with E-state index in [1.807, 2.05) is 11.0 Å². The van der Waals surface area contributed by atoms with Crippen LogP contribution in [0.3, 0.4) is 0 Å². The van der Waals surface area contributed by atoms with E-state index in [4.69, 9.17) is 4.74 Å². The van der Waals surface area contributed by atoms with Gasteiger partial charge in [0.1, 0.15) is 6.61 Å². The van der Waals surface area contributed by atoms with Gasteiger partial charge in [-0.2, -0.15) is 0 Å². The first-order chi connectivity index (χ1) is 6.94. The first-order valence-electron chi connectivity index (χ1n) is 5.42. The summed E-state index contributed by atoms with van der Waals surface area (Å²) in [5.41, 5.74) is 0. The third-order valence-electron chi connectivity index (χ3n) is 2.38. The number of nitrogens with zero attached hydrogens (tertiary/aromatic N) is 1. The molecule has 15 heavy (non-hydrogen) atoms. The molecule has 1 heterocycles. The lowest BCUT2D eigenvalue weighted by molar-refractivity contribution is -0.146. The van der Waals surface area contributed by atoms with Crippen molar-refractivity contribution in [2.45, 2.75) is 32.1 Å². The van der Waals surface area contributed by atoms with Crippen LogP contribution in [0.2, 0.25) is 19.6 Å². The van der Waals surface area contributed by atoms with Crippen molar-refractivity contribution in [1.82, 2.24) is 4.90 Å². The van der Waals surface area contributed by atoms with E-state index in [1.165, 1.54) is 0 Å². The summed E-state index contributed by atoms with van der Waals surface area (Å²) in [4.78, 5) is 13.7. The van der Waals surface area contributed by atoms with Gasteiger partial charge in [0.2, 0.25) is 5.91 Å². The zero-order valence-corrected chi connectivity index (χ0v) is 11.0. The Balaban J connectivity index is 2.68. The van der Waals surface area contributed by atoms with Gasteiger partial charge < -0.3 is 9.64 Å². The molecule has 1 aliphatic heterocycles. The maximum absolute atomic E-state index is 11.7. The van der Waals surface area contributed by atoms with Crippen LogP contribution in [0.1, 0.15) is 6.42 Å². The maximum Gasteiger partial charge on any atom is 0.248 e. The second-order valence-electron chi connectivity index (χ2n) is 5.28. The van der Waals surface area contributed by atoms with Crippen LogP contribution >= 0.6 is 0 Å². The Bertz CT molecular complexity index is 247. The topological polar surface area (TPSA) is 29.5 Å². The number of hydrogen-bond donors (Lipinski definition) is 0. The van der Waals surface area contributed by atoms with E-state index < -0.39 is 8.07 Å². The molecule has 1 fully saturated rings. The van der Waals surface area contributed by atoms with Gasteiger partial charge in [0.15, 0.2) is 0 Å². The van der Waals surface area contributed by atoms with E-state index in [0.29, 0.717) is 6.61 Å². The minimum Gasteiger partial charge on any atom is -0.369 e. The van der Waals surface area contributed by atoms with Gasteiger partial charge >= 0.3 is 0 Å². The van der Waals surface area contributed by atoms with E-state index in [9.17, 15) is 4.79 Å². The summed E-state index contributed by atoms with van der Waals surface area (Å²) in [5.74, 6) is 0.135. The molecule has 4 heteroatoms. The van der Waals surface area contributed by atoms with Crippen LogP contribution in [0.4, 0.5) is 0 Å². The number of amides is 1. The van der Waals surface area contributed by atoms with Crippen LogP contribution in [0.25, 0.3) is 0 Å². The largest absolute Gasteiger partial charge is 0.369 e. The van der Waals surface area contributed by atoms with Crippen molar-refractivity contribution >= 4 is 14.0 Å². The Morgan fingerprint density at radius 3 is 2.80 bits per heavy atom. The predicted octanol–water partition coefficient (Wildman–Crippen LogP) is 1.67. The Labute approximate surface area is 93.1 Å². The van der Waals surface area contributed by atoms with Crippen molar-refractivity contribution in [2.75, 3.05) is 19.4 Å². The smallest absolute Gasteiger partial charge is 0.248 e. The molecule has 0 saturated carbocycles. The third-order valence-corrected chi connectivity index (χ3v) is 3.67. The van der Waals surface area contributed by atoms with Crippen LogP contribution in [0, 0.1) is 0 Å². The summed E-state index contributed by atoms with van der Waals surface area (Å²) in [5, 5.41) is 0. The molecule has 1 amide bonds. The normalized spacial score (nSPS) is 23.0. The van der Waals surface area contributed by atoms with E-state index in [1.54, 1.807) is 0 Å². The number of carbonyl (C=O) groups excluding carboxylic acids is 1. The second kappa shape index (κ2) is 4.94. The summed E-state index contributed by atoms with van der Waals surface area (Å²) in [6, 6.07) is 0.204. The van der Waals surface area contributed by atoms with Crippen LogP contribution in [-0.2, 0) is 9.53 Å². The third kappa shape index (κ3) is 3.79. The van der Waals surface area contributed by atoms with Gasteiger partial charge in [-0.3, -0.25) is 4.79 Å². The van der Waals surface area contributed by atoms with Crippen LogP contribution in [0.5, 0.6) is 0 Å². The maximum atomic E-state index is 11.7. The fraction of sp³-hybridized carbons (Fsp3) is 0.727. The van der Waals surface area contributed by atoms with Gasteiger partial charge in [-0.15, -0.1) is 6.58 Å². The molecular formula is C11H21NO2Si. The molecule has 0 N–H and O–H groups in total. The SMILES string of the molecule is C=CCC1COCC(=O)N1C[Si](C)(C)C. The van der Waals surface area contributed by atoms with Gasteiger partial charge in [-0.05, 0) is 6.42 Å². The first-order valence-corrected chi connectivity index (χ1v) is 9.13. The van der Waals surface area contributed by atoms with E-state index in [-0.39, 0.29) is 18.6 Å². The Morgan fingerprint density at radius 2 is 2.27 bits per heavy atom. The lowest BCUT2D eigenvalue weighted by atomic mass is 10.2. The van der Waals surface area contributed by atoms with Crippen molar-refractivity contribution < 1.29 is 9.53 Å². The zero-order chi connectivity index (χ0) is 11.5. The molecule has 1 rings (SSSR count). The number of ether oxygens (including phenoxy) is 1. The van der Waals surface area contributed by atoms with Crippen molar-refractivity contribution in [3.05, 3.63) is 12.7 Å². The number of rotatable bonds is 4. The highest BCUT2D eigenvalue weighted by Crippen LogP contribution is 2.15. The second-order valence-corrected chi connectivity index (χ2v) is 10.7. The number of hydrogen-bond acceptors (Lipinski definition) is 2. The molecule has 0 aromatic carbocycles. The fourth-order valence-corrected chi connectivity index (χ4v) is 3.23. The molecule has 0 radical (unpaired) electrons. The van der Waals surface area contributed by atoms with Gasteiger partial charge in [0, 0.05) is 6.17 Å². The minimum atomic E-state index is -1.24. The molecule has 0 aliphatic carbocycles. The first kappa shape index (κ1) is 12.5. The van der Waals surface area contributed by atoms with Gasteiger partial charge in [0.25, 0.3) is 0 Å². The van der Waals surface area contributed by atoms with E-state index in [0.717, 1.165) is 12.6 Å². The van der Waals surface area contributed by atoms with Crippen molar-refractivity contribution in [3.63, 3.8) is 0 Å². The Hall–Kier alpha value is -0.613. The van der Waals surface area contributed by atoms with Crippen molar-refractivity contribution in [2.24, 2.45) is 0 Å². The molecule has 0 aromatic rings.